The van der Waals surface area contributed by atoms with Gasteiger partial charge in [0.15, 0.2) is 5.96 Å². The van der Waals surface area contributed by atoms with Gasteiger partial charge < -0.3 is 24.4 Å². The van der Waals surface area contributed by atoms with Gasteiger partial charge in [-0.15, -0.1) is 0 Å². The molecule has 1 unspecified atom stereocenters. The molecular formula is C23H30N4O3. The standard InChI is InChI=1S/C23H30N4O3/c1-3-24-22(27-11-9-23(16-27)10-12-29-17-23)26-15-18-7-8-21(25-14-18)30-20-6-4-5-19(13-20)28-2/h4-8,13-14H,3,9-12,15-17H2,1-2H3,(H,24,26). The maximum Gasteiger partial charge on any atom is 0.219 e. The van der Waals surface area contributed by atoms with E-state index in [1.165, 1.54) is 6.42 Å². The molecule has 4 rings (SSSR count). The van der Waals surface area contributed by atoms with Crippen LogP contribution in [0.1, 0.15) is 25.3 Å². The van der Waals surface area contributed by atoms with E-state index in [4.69, 9.17) is 19.2 Å². The van der Waals surface area contributed by atoms with E-state index >= 15 is 0 Å². The minimum Gasteiger partial charge on any atom is -0.497 e. The van der Waals surface area contributed by atoms with Crippen LogP contribution in [0, 0.1) is 5.41 Å². The summed E-state index contributed by atoms with van der Waals surface area (Å²) >= 11 is 0. The van der Waals surface area contributed by atoms with Gasteiger partial charge in [0.2, 0.25) is 5.88 Å². The Morgan fingerprint density at radius 3 is 2.90 bits per heavy atom. The van der Waals surface area contributed by atoms with E-state index < -0.39 is 0 Å². The fourth-order valence-corrected chi connectivity index (χ4v) is 4.03. The fourth-order valence-electron chi connectivity index (χ4n) is 4.03. The van der Waals surface area contributed by atoms with Crippen LogP contribution in [0.3, 0.4) is 0 Å². The predicted octanol–water partition coefficient (Wildman–Crippen LogP) is 3.46. The molecule has 30 heavy (non-hydrogen) atoms. The van der Waals surface area contributed by atoms with Crippen molar-refractivity contribution in [2.75, 3.05) is 40.0 Å². The summed E-state index contributed by atoms with van der Waals surface area (Å²) in [5.41, 5.74) is 1.36. The molecule has 0 radical (unpaired) electrons. The molecule has 2 saturated heterocycles. The highest BCUT2D eigenvalue weighted by Gasteiger charge is 2.42. The lowest BCUT2D eigenvalue weighted by atomic mass is 9.87. The fraction of sp³-hybridized carbons (Fsp3) is 0.478. The zero-order chi connectivity index (χ0) is 20.8. The molecule has 1 atom stereocenters. The third kappa shape index (κ3) is 4.84. The van der Waals surface area contributed by atoms with Crippen molar-refractivity contribution in [1.82, 2.24) is 15.2 Å². The maximum absolute atomic E-state index is 5.82. The molecular weight excluding hydrogens is 380 g/mol. The Labute approximate surface area is 178 Å². The second-order valence-corrected chi connectivity index (χ2v) is 7.93. The summed E-state index contributed by atoms with van der Waals surface area (Å²) in [6.45, 7) is 7.34. The third-order valence-electron chi connectivity index (χ3n) is 5.73. The quantitative estimate of drug-likeness (QED) is 0.581. The molecule has 1 spiro atoms. The Hall–Kier alpha value is -2.80. The van der Waals surface area contributed by atoms with E-state index in [2.05, 4.69) is 22.1 Å². The minimum absolute atomic E-state index is 0.316. The van der Waals surface area contributed by atoms with Crippen LogP contribution in [0.15, 0.2) is 47.6 Å². The number of benzene rings is 1. The maximum atomic E-state index is 5.82. The van der Waals surface area contributed by atoms with Gasteiger partial charge in [-0.05, 0) is 37.5 Å². The van der Waals surface area contributed by atoms with E-state index in [0.29, 0.717) is 23.6 Å². The SMILES string of the molecule is CCNC(=NCc1ccc(Oc2cccc(OC)c2)nc1)N1CCC2(CCOC2)C1. The van der Waals surface area contributed by atoms with Crippen LogP contribution in [0.5, 0.6) is 17.4 Å². The van der Waals surface area contributed by atoms with Gasteiger partial charge in [-0.25, -0.2) is 9.98 Å². The van der Waals surface area contributed by atoms with Crippen molar-refractivity contribution >= 4 is 5.96 Å². The zero-order valence-electron chi connectivity index (χ0n) is 17.8. The number of methoxy groups -OCH3 is 1. The van der Waals surface area contributed by atoms with Crippen molar-refractivity contribution in [3.63, 3.8) is 0 Å². The molecule has 160 valence electrons. The predicted molar refractivity (Wildman–Crippen MR) is 116 cm³/mol. The molecule has 1 N–H and O–H groups in total. The van der Waals surface area contributed by atoms with Gasteiger partial charge in [0.05, 0.1) is 20.3 Å². The molecule has 2 aromatic rings. The van der Waals surface area contributed by atoms with Gasteiger partial charge in [0.1, 0.15) is 11.5 Å². The number of likely N-dealkylation sites (tertiary alicyclic amines) is 1. The Bertz CT molecular complexity index is 863. The topological polar surface area (TPSA) is 68.2 Å². The lowest BCUT2D eigenvalue weighted by Gasteiger charge is -2.25. The lowest BCUT2D eigenvalue weighted by molar-refractivity contribution is 0.156. The molecule has 1 aromatic carbocycles. The van der Waals surface area contributed by atoms with E-state index in [9.17, 15) is 0 Å². The Kier molecular flexibility index (Phi) is 6.38. The first kappa shape index (κ1) is 20.5. The van der Waals surface area contributed by atoms with Gasteiger partial charge in [-0.2, -0.15) is 0 Å². The number of aliphatic imine (C=N–C) groups is 1. The van der Waals surface area contributed by atoms with Crippen LogP contribution in [0.4, 0.5) is 0 Å². The molecule has 0 aliphatic carbocycles. The first-order valence-electron chi connectivity index (χ1n) is 10.6. The van der Waals surface area contributed by atoms with E-state index in [1.54, 1.807) is 7.11 Å². The second-order valence-electron chi connectivity index (χ2n) is 7.93. The van der Waals surface area contributed by atoms with Crippen molar-refractivity contribution in [3.8, 4) is 17.4 Å². The van der Waals surface area contributed by atoms with Crippen LogP contribution in [-0.4, -0.2) is 55.8 Å². The highest BCUT2D eigenvalue weighted by molar-refractivity contribution is 5.80. The number of rotatable bonds is 6. The highest BCUT2D eigenvalue weighted by atomic mass is 16.5. The molecule has 0 saturated carbocycles. The lowest BCUT2D eigenvalue weighted by Crippen LogP contribution is -2.41. The van der Waals surface area contributed by atoms with Crippen molar-refractivity contribution in [1.29, 1.82) is 0 Å². The number of nitrogens with zero attached hydrogens (tertiary/aromatic N) is 3. The van der Waals surface area contributed by atoms with E-state index in [1.807, 2.05) is 42.6 Å². The molecule has 7 heteroatoms. The molecule has 2 aliphatic rings. The number of hydrogen-bond donors (Lipinski definition) is 1. The number of aromatic nitrogens is 1. The molecule has 3 heterocycles. The minimum atomic E-state index is 0.316. The first-order valence-corrected chi connectivity index (χ1v) is 10.6. The molecule has 0 bridgehead atoms. The molecule has 7 nitrogen and oxygen atoms in total. The van der Waals surface area contributed by atoms with Gasteiger partial charge in [-0.1, -0.05) is 12.1 Å². The molecule has 2 fully saturated rings. The average molecular weight is 411 g/mol. The summed E-state index contributed by atoms with van der Waals surface area (Å²) in [4.78, 5) is 11.6. The summed E-state index contributed by atoms with van der Waals surface area (Å²) in [5.74, 6) is 2.96. The number of nitrogens with one attached hydrogen (secondary N) is 1. The first-order chi connectivity index (χ1) is 14.7. The van der Waals surface area contributed by atoms with Crippen LogP contribution in [0.25, 0.3) is 0 Å². The van der Waals surface area contributed by atoms with Gasteiger partial charge in [0.25, 0.3) is 0 Å². The van der Waals surface area contributed by atoms with Crippen molar-refractivity contribution in [2.24, 2.45) is 10.4 Å². The summed E-state index contributed by atoms with van der Waals surface area (Å²) in [6, 6.07) is 11.4. The third-order valence-corrected chi connectivity index (χ3v) is 5.73. The van der Waals surface area contributed by atoms with Crippen LogP contribution in [0.2, 0.25) is 0 Å². The number of hydrogen-bond acceptors (Lipinski definition) is 5. The number of ether oxygens (including phenoxy) is 3. The van der Waals surface area contributed by atoms with Gasteiger partial charge in [0, 0.05) is 50.0 Å². The molecule has 1 aromatic heterocycles. The zero-order valence-corrected chi connectivity index (χ0v) is 17.8. The molecule has 2 aliphatic heterocycles. The Balaban J connectivity index is 1.38. The van der Waals surface area contributed by atoms with Crippen molar-refractivity contribution in [3.05, 3.63) is 48.2 Å². The number of pyridine rings is 1. The second kappa shape index (κ2) is 9.34. The largest absolute Gasteiger partial charge is 0.497 e. The Morgan fingerprint density at radius 2 is 2.17 bits per heavy atom. The smallest absolute Gasteiger partial charge is 0.219 e. The average Bonchev–Trinajstić information content (AvgIpc) is 3.42. The monoisotopic (exact) mass is 410 g/mol. The van der Waals surface area contributed by atoms with Crippen LogP contribution < -0.4 is 14.8 Å². The van der Waals surface area contributed by atoms with Gasteiger partial charge in [-0.3, -0.25) is 0 Å². The number of guanidine groups is 1. The Morgan fingerprint density at radius 1 is 1.27 bits per heavy atom. The summed E-state index contributed by atoms with van der Waals surface area (Å²) < 4.78 is 16.7. The normalized spacial score (nSPS) is 21.3. The summed E-state index contributed by atoms with van der Waals surface area (Å²) in [5, 5.41) is 3.43. The highest BCUT2D eigenvalue weighted by Crippen LogP contribution is 2.38. The van der Waals surface area contributed by atoms with Gasteiger partial charge >= 0.3 is 0 Å². The van der Waals surface area contributed by atoms with Crippen LogP contribution >= 0.6 is 0 Å². The summed E-state index contributed by atoms with van der Waals surface area (Å²) in [7, 11) is 1.64. The molecule has 0 amide bonds. The van der Waals surface area contributed by atoms with Crippen molar-refractivity contribution < 1.29 is 14.2 Å². The van der Waals surface area contributed by atoms with E-state index in [-0.39, 0.29) is 0 Å². The van der Waals surface area contributed by atoms with Crippen LogP contribution in [-0.2, 0) is 11.3 Å². The summed E-state index contributed by atoms with van der Waals surface area (Å²) in [6.07, 6.45) is 4.15. The van der Waals surface area contributed by atoms with Crippen molar-refractivity contribution in [2.45, 2.75) is 26.3 Å². The van der Waals surface area contributed by atoms with E-state index in [0.717, 1.165) is 56.5 Å².